The Morgan fingerprint density at radius 2 is 1.85 bits per heavy atom. The summed E-state index contributed by atoms with van der Waals surface area (Å²) in [5.74, 6) is 4.34. The van der Waals surface area contributed by atoms with Crippen molar-refractivity contribution in [2.75, 3.05) is 12.8 Å². The molecule has 1 saturated heterocycles. The first kappa shape index (κ1) is 32.3. The average Bonchev–Trinajstić information content (AvgIpc) is 3.43. The lowest BCUT2D eigenvalue weighted by atomic mass is 9.98. The molecule has 0 spiro atoms. The quantitative estimate of drug-likeness (QED) is 0.109. The summed E-state index contributed by atoms with van der Waals surface area (Å²) in [5, 5.41) is 13.3. The first-order valence-electron chi connectivity index (χ1n) is 12.7. The molecule has 2 unspecified atom stereocenters. The third-order valence-corrected chi connectivity index (χ3v) is 11.3. The van der Waals surface area contributed by atoms with Gasteiger partial charge >= 0.3 is 5.97 Å². The zero-order valence-corrected chi connectivity index (χ0v) is 24.9. The molecular weight excluding hydrogens is 583 g/mol. The number of nitrogens with zero attached hydrogens (tertiary/aromatic N) is 2. The maximum Gasteiger partial charge on any atom is 0.328 e. The number of benzene rings is 2. The van der Waals surface area contributed by atoms with Crippen molar-refractivity contribution < 1.29 is 23.7 Å². The first-order valence-corrected chi connectivity index (χ1v) is 16.5. The Bertz CT molecular complexity index is 1330. The minimum absolute atomic E-state index is 0.0773. The van der Waals surface area contributed by atoms with Crippen molar-refractivity contribution >= 4 is 50.2 Å². The minimum Gasteiger partial charge on any atom is -0.480 e. The molecule has 6 N–H and O–H groups in total. The molecule has 2 heterocycles. The number of rotatable bonds is 11. The SMILES string of the molecule is CSC(C[C@@H](C(=O)O)N(N)C(=O)c1ccccc1-c1ccccc1)S(=O)Sc1cccnc1.NC[C@@H]1CCC(=O)N1. The van der Waals surface area contributed by atoms with Crippen molar-refractivity contribution in [1.82, 2.24) is 15.3 Å². The number of amides is 2. The standard InChI is InChI=1S/C23H23N3O4S3.C5H10N2O/c1-31-21(33(30)32-17-10-7-13-25-15-17)14-20(23(28)29)26(24)22(27)19-12-6-5-11-18(19)16-8-3-2-4-9-16;6-3-4-1-2-5(8)7-4/h2-13,15,20-21H,14,24H2,1H3,(H,28,29);4H,1-3,6H2,(H,7,8)/t20-,21?,33?;4-/m00/s1. The van der Waals surface area contributed by atoms with Gasteiger partial charge in [-0.3, -0.25) is 19.6 Å². The molecule has 2 aromatic carbocycles. The predicted molar refractivity (Wildman–Crippen MR) is 164 cm³/mol. The lowest BCUT2D eigenvalue weighted by molar-refractivity contribution is -0.142. The van der Waals surface area contributed by atoms with Crippen LogP contribution in [0.3, 0.4) is 0 Å². The van der Waals surface area contributed by atoms with Gasteiger partial charge in [0.1, 0.15) is 6.04 Å². The van der Waals surface area contributed by atoms with Crippen molar-refractivity contribution in [2.45, 2.75) is 40.8 Å². The van der Waals surface area contributed by atoms with Crippen molar-refractivity contribution in [1.29, 1.82) is 0 Å². The summed E-state index contributed by atoms with van der Waals surface area (Å²) in [6.45, 7) is 0.575. The highest BCUT2D eigenvalue weighted by Crippen LogP contribution is 2.31. The number of pyridine rings is 1. The summed E-state index contributed by atoms with van der Waals surface area (Å²) >= 11 is 1.27. The summed E-state index contributed by atoms with van der Waals surface area (Å²) in [6, 6.07) is 18.6. The van der Waals surface area contributed by atoms with Crippen molar-refractivity contribution in [3.05, 3.63) is 84.7 Å². The molecule has 4 atom stereocenters. The van der Waals surface area contributed by atoms with Crippen LogP contribution in [0.5, 0.6) is 0 Å². The van der Waals surface area contributed by atoms with E-state index in [0.717, 1.165) is 27.8 Å². The Balaban J connectivity index is 0.000000496. The molecule has 13 heteroatoms. The monoisotopic (exact) mass is 615 g/mol. The number of aromatic nitrogens is 1. The number of thioether (sulfide) groups is 1. The number of carbonyl (C=O) groups excluding carboxylic acids is 2. The number of hydrogen-bond acceptors (Lipinski definition) is 9. The number of nitrogens with one attached hydrogen (secondary N) is 1. The minimum atomic E-state index is -1.47. The van der Waals surface area contributed by atoms with E-state index in [0.29, 0.717) is 29.0 Å². The molecule has 1 fully saturated rings. The van der Waals surface area contributed by atoms with Crippen LogP contribution in [0.25, 0.3) is 11.1 Å². The third kappa shape index (κ3) is 9.40. The van der Waals surface area contributed by atoms with Crippen LogP contribution in [0.1, 0.15) is 29.6 Å². The van der Waals surface area contributed by atoms with E-state index in [-0.39, 0.29) is 18.4 Å². The molecule has 1 aliphatic heterocycles. The molecule has 10 nitrogen and oxygen atoms in total. The highest BCUT2D eigenvalue weighted by Gasteiger charge is 2.34. The maximum absolute atomic E-state index is 13.3. The fraction of sp³-hybridized carbons (Fsp3) is 0.286. The number of hydrazine groups is 1. The number of hydrogen-bond donors (Lipinski definition) is 4. The molecule has 4 rings (SSSR count). The van der Waals surface area contributed by atoms with E-state index in [2.05, 4.69) is 10.3 Å². The van der Waals surface area contributed by atoms with Crippen LogP contribution in [-0.2, 0) is 19.4 Å². The Labute approximate surface area is 249 Å². The van der Waals surface area contributed by atoms with Gasteiger partial charge in [-0.25, -0.2) is 14.8 Å². The third-order valence-electron chi connectivity index (χ3n) is 6.17. The lowest BCUT2D eigenvalue weighted by Gasteiger charge is -2.27. The molecule has 3 aromatic rings. The van der Waals surface area contributed by atoms with E-state index in [4.69, 9.17) is 11.6 Å². The van der Waals surface area contributed by atoms with Crippen LogP contribution < -0.4 is 16.9 Å². The van der Waals surface area contributed by atoms with E-state index in [1.807, 2.05) is 30.3 Å². The Hall–Kier alpha value is -3.23. The molecular formula is C28H33N5O5S3. The summed E-state index contributed by atoms with van der Waals surface area (Å²) in [4.78, 5) is 40.5. The zero-order chi connectivity index (χ0) is 29.8. The van der Waals surface area contributed by atoms with Gasteiger partial charge in [-0.05, 0) is 52.8 Å². The van der Waals surface area contributed by atoms with Crippen LogP contribution >= 0.6 is 22.6 Å². The Morgan fingerprint density at radius 3 is 2.41 bits per heavy atom. The largest absolute Gasteiger partial charge is 0.480 e. The average molecular weight is 616 g/mol. The van der Waals surface area contributed by atoms with Crippen LogP contribution in [-0.4, -0.2) is 66.6 Å². The molecule has 218 valence electrons. The molecule has 2 amide bonds. The second-order valence-electron chi connectivity index (χ2n) is 8.95. The fourth-order valence-electron chi connectivity index (χ4n) is 3.99. The molecule has 41 heavy (non-hydrogen) atoms. The highest BCUT2D eigenvalue weighted by atomic mass is 33.1. The summed E-state index contributed by atoms with van der Waals surface area (Å²) in [6.07, 6.45) is 6.45. The van der Waals surface area contributed by atoms with Gasteiger partial charge in [0.2, 0.25) is 5.91 Å². The highest BCUT2D eigenvalue weighted by molar-refractivity contribution is 8.70. The van der Waals surface area contributed by atoms with Gasteiger partial charge in [0.05, 0.1) is 14.4 Å². The van der Waals surface area contributed by atoms with E-state index < -0.39 is 32.3 Å². The van der Waals surface area contributed by atoms with Crippen LogP contribution in [0.15, 0.2) is 84.0 Å². The van der Waals surface area contributed by atoms with E-state index in [1.54, 1.807) is 55.0 Å². The normalized spacial score (nSPS) is 16.5. The van der Waals surface area contributed by atoms with Gasteiger partial charge in [-0.15, -0.1) is 11.8 Å². The van der Waals surface area contributed by atoms with Gasteiger partial charge < -0.3 is 16.2 Å². The number of nitrogens with two attached hydrogens (primary N) is 2. The molecule has 1 aromatic heterocycles. The zero-order valence-electron chi connectivity index (χ0n) is 22.4. The van der Waals surface area contributed by atoms with Crippen LogP contribution in [0.4, 0.5) is 0 Å². The van der Waals surface area contributed by atoms with Gasteiger partial charge in [0.15, 0.2) is 0 Å². The Kier molecular flexibility index (Phi) is 12.8. The van der Waals surface area contributed by atoms with E-state index in [9.17, 15) is 23.7 Å². The maximum atomic E-state index is 13.3. The Morgan fingerprint density at radius 1 is 1.15 bits per heavy atom. The second kappa shape index (κ2) is 16.3. The van der Waals surface area contributed by atoms with E-state index in [1.165, 1.54) is 11.8 Å². The molecule has 0 saturated carbocycles. The smallest absolute Gasteiger partial charge is 0.328 e. The number of carboxylic acid groups (broad SMARTS) is 1. The number of aliphatic carboxylic acids is 1. The predicted octanol–water partition coefficient (Wildman–Crippen LogP) is 3.28. The topological polar surface area (TPSA) is 169 Å². The number of carboxylic acids is 1. The van der Waals surface area contributed by atoms with Crippen molar-refractivity contribution in [2.24, 2.45) is 11.6 Å². The van der Waals surface area contributed by atoms with Gasteiger partial charge in [0, 0.05) is 48.3 Å². The van der Waals surface area contributed by atoms with Gasteiger partial charge in [-0.2, -0.15) is 0 Å². The van der Waals surface area contributed by atoms with E-state index >= 15 is 0 Å². The number of carbonyl (C=O) groups is 3. The summed E-state index contributed by atoms with van der Waals surface area (Å²) in [7, 11) is -0.374. The summed E-state index contributed by atoms with van der Waals surface area (Å²) < 4.78 is 12.3. The first-order chi connectivity index (χ1) is 19.7. The van der Waals surface area contributed by atoms with Gasteiger partial charge in [0.25, 0.3) is 5.91 Å². The fourth-order valence-corrected chi connectivity index (χ4v) is 8.35. The van der Waals surface area contributed by atoms with Gasteiger partial charge in [-0.1, -0.05) is 48.5 Å². The molecule has 0 aliphatic carbocycles. The summed E-state index contributed by atoms with van der Waals surface area (Å²) in [5.41, 5.74) is 7.05. The lowest BCUT2D eigenvalue weighted by Crippen LogP contribution is -2.51. The molecule has 1 aliphatic rings. The second-order valence-corrected chi connectivity index (χ2v) is 13.5. The van der Waals surface area contributed by atoms with Crippen LogP contribution in [0, 0.1) is 0 Å². The van der Waals surface area contributed by atoms with Crippen molar-refractivity contribution in [3.8, 4) is 11.1 Å². The molecule has 0 radical (unpaired) electrons. The van der Waals surface area contributed by atoms with Crippen molar-refractivity contribution in [3.63, 3.8) is 0 Å². The van der Waals surface area contributed by atoms with Crippen LogP contribution in [0.2, 0.25) is 0 Å². The molecule has 0 bridgehead atoms.